The molecule has 3 amide bonds. The van der Waals surface area contributed by atoms with E-state index in [2.05, 4.69) is 12.2 Å². The largest absolute Gasteiger partial charge is 0.379 e. The monoisotopic (exact) mass is 548 g/mol. The second-order valence-electron chi connectivity index (χ2n) is 7.84. The van der Waals surface area contributed by atoms with Crippen LogP contribution in [0.25, 0.3) is 0 Å². The number of ether oxygens (including phenoxy) is 8. The van der Waals surface area contributed by atoms with Crippen molar-refractivity contribution >= 4 is 17.7 Å². The summed E-state index contributed by atoms with van der Waals surface area (Å²) in [6.07, 6.45) is 3.29. The maximum Gasteiger partial charge on any atom is 0.254 e. The van der Waals surface area contributed by atoms with Crippen LogP contribution in [0.4, 0.5) is 0 Å². The van der Waals surface area contributed by atoms with Crippen molar-refractivity contribution in [3.8, 4) is 0 Å². The van der Waals surface area contributed by atoms with Crippen LogP contribution >= 0.6 is 0 Å². The minimum atomic E-state index is -0.486. The summed E-state index contributed by atoms with van der Waals surface area (Å²) in [5.41, 5.74) is 0. The Kier molecular flexibility index (Phi) is 22.7. The summed E-state index contributed by atoms with van der Waals surface area (Å²) in [4.78, 5) is 35.4. The number of amides is 3. The summed E-state index contributed by atoms with van der Waals surface area (Å²) < 4.78 is 43.1. The number of hydrogen-bond acceptors (Lipinski definition) is 11. The first kappa shape index (κ1) is 34.1. The summed E-state index contributed by atoms with van der Waals surface area (Å²) in [5.74, 6) is -1.39. The molecule has 0 aromatic carbocycles. The van der Waals surface area contributed by atoms with E-state index in [4.69, 9.17) is 37.9 Å². The van der Waals surface area contributed by atoms with Gasteiger partial charge in [0.2, 0.25) is 5.91 Å². The first-order valence-electron chi connectivity index (χ1n) is 13.1. The zero-order valence-electron chi connectivity index (χ0n) is 22.5. The van der Waals surface area contributed by atoms with E-state index >= 15 is 0 Å². The third-order valence-electron chi connectivity index (χ3n) is 4.72. The van der Waals surface area contributed by atoms with Crippen LogP contribution in [0.5, 0.6) is 0 Å². The predicted molar refractivity (Wildman–Crippen MR) is 136 cm³/mol. The first-order chi connectivity index (χ1) is 18.6. The minimum Gasteiger partial charge on any atom is -0.379 e. The Balaban J connectivity index is 1.69. The second kappa shape index (κ2) is 25.3. The highest BCUT2D eigenvalue weighted by Gasteiger charge is 2.25. The van der Waals surface area contributed by atoms with Gasteiger partial charge in [-0.2, -0.15) is 0 Å². The predicted octanol–water partition coefficient (Wildman–Crippen LogP) is -0.430. The lowest BCUT2D eigenvalue weighted by atomic mass is 10.4. The van der Waals surface area contributed by atoms with Crippen LogP contribution in [0, 0.1) is 0 Å². The number of nitrogens with zero attached hydrogens (tertiary/aromatic N) is 1. The van der Waals surface area contributed by atoms with Gasteiger partial charge >= 0.3 is 0 Å². The lowest BCUT2D eigenvalue weighted by molar-refractivity contribution is -0.141. The van der Waals surface area contributed by atoms with Crippen molar-refractivity contribution in [1.82, 2.24) is 10.2 Å². The van der Waals surface area contributed by atoms with E-state index in [1.165, 1.54) is 0 Å². The third-order valence-corrected chi connectivity index (χ3v) is 4.72. The summed E-state index contributed by atoms with van der Waals surface area (Å²) in [7, 11) is 0. The number of carbonyl (C=O) groups excluding carboxylic acids is 3. The van der Waals surface area contributed by atoms with Crippen LogP contribution in [-0.2, 0) is 52.3 Å². The van der Waals surface area contributed by atoms with Gasteiger partial charge in [0.05, 0.1) is 99.1 Å². The molecule has 220 valence electrons. The van der Waals surface area contributed by atoms with Crippen molar-refractivity contribution in [1.29, 1.82) is 0 Å². The molecule has 13 heteroatoms. The van der Waals surface area contributed by atoms with Gasteiger partial charge in [0, 0.05) is 25.3 Å². The van der Waals surface area contributed by atoms with E-state index in [0.29, 0.717) is 99.1 Å². The van der Waals surface area contributed by atoms with E-state index in [1.807, 2.05) is 0 Å². The van der Waals surface area contributed by atoms with E-state index in [1.54, 1.807) is 0 Å². The van der Waals surface area contributed by atoms with Crippen molar-refractivity contribution in [2.45, 2.75) is 13.3 Å². The smallest absolute Gasteiger partial charge is 0.254 e. The van der Waals surface area contributed by atoms with Gasteiger partial charge in [-0.05, 0) is 6.42 Å². The maximum absolute atomic E-state index is 11.7. The highest BCUT2D eigenvalue weighted by atomic mass is 16.6. The molecule has 0 unspecified atom stereocenters. The summed E-state index contributed by atoms with van der Waals surface area (Å²) in [6, 6.07) is 0. The molecule has 1 rings (SSSR count). The fraction of sp³-hybridized carbons (Fsp3) is 0.800. The highest BCUT2D eigenvalue weighted by molar-refractivity contribution is 6.14. The Hall–Kier alpha value is -1.97. The van der Waals surface area contributed by atoms with Crippen molar-refractivity contribution in [2.24, 2.45) is 0 Å². The SMILES string of the molecule is CCCOCCOCCOCCOCCOCCOCCOCCOCCNC(=O)CN1C(=O)C=CC1=O. The highest BCUT2D eigenvalue weighted by Crippen LogP contribution is 2.02. The van der Waals surface area contributed by atoms with Gasteiger partial charge in [-0.1, -0.05) is 6.92 Å². The molecule has 0 spiro atoms. The number of imide groups is 1. The number of nitrogens with one attached hydrogen (secondary N) is 1. The van der Waals surface area contributed by atoms with E-state index in [-0.39, 0.29) is 13.1 Å². The minimum absolute atomic E-state index is 0.273. The lowest BCUT2D eigenvalue weighted by Crippen LogP contribution is -2.41. The van der Waals surface area contributed by atoms with Gasteiger partial charge in [0.1, 0.15) is 6.54 Å². The lowest BCUT2D eigenvalue weighted by Gasteiger charge is -2.13. The molecule has 0 saturated heterocycles. The second-order valence-corrected chi connectivity index (χ2v) is 7.84. The molecule has 13 nitrogen and oxygen atoms in total. The molecular formula is C25H44N2O11. The van der Waals surface area contributed by atoms with Gasteiger partial charge in [0.25, 0.3) is 11.8 Å². The number of carbonyl (C=O) groups is 3. The van der Waals surface area contributed by atoms with Crippen molar-refractivity contribution < 1.29 is 52.3 Å². The number of rotatable bonds is 28. The zero-order chi connectivity index (χ0) is 27.5. The van der Waals surface area contributed by atoms with Crippen LogP contribution in [0.2, 0.25) is 0 Å². The van der Waals surface area contributed by atoms with Crippen molar-refractivity contribution in [2.75, 3.05) is 119 Å². The van der Waals surface area contributed by atoms with Gasteiger partial charge in [-0.15, -0.1) is 0 Å². The molecule has 1 N–H and O–H groups in total. The Bertz CT molecular complexity index is 631. The molecular weight excluding hydrogens is 504 g/mol. The van der Waals surface area contributed by atoms with Gasteiger partial charge < -0.3 is 43.2 Å². The van der Waals surface area contributed by atoms with Crippen LogP contribution in [-0.4, -0.2) is 141 Å². The van der Waals surface area contributed by atoms with Gasteiger partial charge in [-0.25, -0.2) is 0 Å². The molecule has 38 heavy (non-hydrogen) atoms. The van der Waals surface area contributed by atoms with Crippen molar-refractivity contribution in [3.63, 3.8) is 0 Å². The summed E-state index contributed by atoms with van der Waals surface area (Å²) in [5, 5.41) is 2.59. The standard InChI is InChI=1S/C25H44N2O11/c1-2-6-31-8-10-33-12-14-35-16-18-37-20-21-38-19-17-36-15-13-34-11-9-32-7-5-26-23(28)22-27-24(29)3-4-25(27)30/h3-4H,2,5-22H2,1H3,(H,26,28). The molecule has 1 heterocycles. The Morgan fingerprint density at radius 1 is 0.579 bits per heavy atom. The molecule has 0 bridgehead atoms. The Labute approximate surface area is 225 Å². The van der Waals surface area contributed by atoms with Gasteiger partial charge in [0.15, 0.2) is 0 Å². The quantitative estimate of drug-likeness (QED) is 0.101. The number of hydrogen-bond donors (Lipinski definition) is 1. The van der Waals surface area contributed by atoms with Crippen LogP contribution in [0.3, 0.4) is 0 Å². The van der Waals surface area contributed by atoms with E-state index in [0.717, 1.165) is 30.1 Å². The summed E-state index contributed by atoms with van der Waals surface area (Å²) >= 11 is 0. The molecule has 1 aliphatic rings. The fourth-order valence-electron chi connectivity index (χ4n) is 2.83. The molecule has 0 saturated carbocycles. The van der Waals surface area contributed by atoms with Crippen LogP contribution in [0.15, 0.2) is 12.2 Å². The first-order valence-corrected chi connectivity index (χ1v) is 13.1. The third kappa shape index (κ3) is 20.1. The van der Waals surface area contributed by atoms with E-state index in [9.17, 15) is 14.4 Å². The fourth-order valence-corrected chi connectivity index (χ4v) is 2.83. The van der Waals surface area contributed by atoms with E-state index < -0.39 is 17.7 Å². The molecule has 0 fully saturated rings. The summed E-state index contributed by atoms with van der Waals surface area (Å²) in [6.45, 7) is 10.0. The molecule has 0 aromatic heterocycles. The zero-order valence-corrected chi connectivity index (χ0v) is 22.5. The molecule has 0 aromatic rings. The normalized spacial score (nSPS) is 13.1. The van der Waals surface area contributed by atoms with Crippen molar-refractivity contribution in [3.05, 3.63) is 12.2 Å². The maximum atomic E-state index is 11.7. The molecule has 1 aliphatic heterocycles. The molecule has 0 atom stereocenters. The van der Waals surface area contributed by atoms with Crippen LogP contribution < -0.4 is 5.32 Å². The van der Waals surface area contributed by atoms with Gasteiger partial charge in [-0.3, -0.25) is 19.3 Å². The molecule has 0 radical (unpaired) electrons. The van der Waals surface area contributed by atoms with Crippen LogP contribution in [0.1, 0.15) is 13.3 Å². The molecule has 0 aliphatic carbocycles. The average Bonchev–Trinajstić information content (AvgIpc) is 3.22. The Morgan fingerprint density at radius 2 is 0.895 bits per heavy atom. The Morgan fingerprint density at radius 3 is 1.24 bits per heavy atom. The average molecular weight is 549 g/mol. The topological polar surface area (TPSA) is 140 Å².